The topological polar surface area (TPSA) is 50.2 Å². The number of rotatable bonds is 3. The standard InChI is InChI=1S/C13H22N4O/c1-10(2)8-17-7-5-15-12(13(17)18)16-6-4-14-11(3)9-16/h5,7,10-11,14H,4,6,8-9H2,1-3H3/t11-/m1/s1. The van der Waals surface area contributed by atoms with E-state index in [4.69, 9.17) is 0 Å². The van der Waals surface area contributed by atoms with Crippen molar-refractivity contribution in [3.8, 4) is 0 Å². The number of piperazine rings is 1. The maximum atomic E-state index is 12.3. The number of anilines is 1. The van der Waals surface area contributed by atoms with Gasteiger partial charge in [-0.3, -0.25) is 4.79 Å². The van der Waals surface area contributed by atoms with E-state index >= 15 is 0 Å². The molecular weight excluding hydrogens is 228 g/mol. The molecular formula is C13H22N4O. The first-order chi connectivity index (χ1) is 8.58. The van der Waals surface area contributed by atoms with Crippen LogP contribution in [0.4, 0.5) is 5.82 Å². The molecule has 0 aliphatic carbocycles. The summed E-state index contributed by atoms with van der Waals surface area (Å²) in [4.78, 5) is 18.7. The molecule has 0 radical (unpaired) electrons. The molecule has 1 aromatic heterocycles. The van der Waals surface area contributed by atoms with Gasteiger partial charge >= 0.3 is 0 Å². The molecule has 0 bridgehead atoms. The Kier molecular flexibility index (Phi) is 4.01. The Morgan fingerprint density at radius 2 is 2.33 bits per heavy atom. The molecule has 0 aromatic carbocycles. The van der Waals surface area contributed by atoms with Crippen molar-refractivity contribution >= 4 is 5.82 Å². The van der Waals surface area contributed by atoms with Crippen molar-refractivity contribution in [2.45, 2.75) is 33.4 Å². The molecule has 0 saturated carbocycles. The first kappa shape index (κ1) is 13.1. The van der Waals surface area contributed by atoms with Crippen molar-refractivity contribution in [2.24, 2.45) is 5.92 Å². The van der Waals surface area contributed by atoms with Crippen LogP contribution in [0.25, 0.3) is 0 Å². The summed E-state index contributed by atoms with van der Waals surface area (Å²) >= 11 is 0. The SMILES string of the molecule is CC(C)Cn1ccnc(N2CCN[C@H](C)C2)c1=O. The van der Waals surface area contributed by atoms with Crippen LogP contribution in [0.5, 0.6) is 0 Å². The molecule has 0 amide bonds. The molecule has 1 aromatic rings. The average molecular weight is 250 g/mol. The molecule has 5 heteroatoms. The summed E-state index contributed by atoms with van der Waals surface area (Å²) in [7, 11) is 0. The number of hydrogen-bond acceptors (Lipinski definition) is 4. The van der Waals surface area contributed by atoms with Crippen molar-refractivity contribution < 1.29 is 0 Å². The highest BCUT2D eigenvalue weighted by atomic mass is 16.1. The van der Waals surface area contributed by atoms with Crippen molar-refractivity contribution in [1.29, 1.82) is 0 Å². The molecule has 1 atom stereocenters. The third-order valence-corrected chi connectivity index (χ3v) is 3.13. The predicted octanol–water partition coefficient (Wildman–Crippen LogP) is 0.697. The highest BCUT2D eigenvalue weighted by Gasteiger charge is 2.20. The zero-order valence-electron chi connectivity index (χ0n) is 11.4. The summed E-state index contributed by atoms with van der Waals surface area (Å²) in [6, 6.07) is 0.402. The minimum absolute atomic E-state index is 0.0281. The molecule has 1 saturated heterocycles. The van der Waals surface area contributed by atoms with Crippen LogP contribution in [0.3, 0.4) is 0 Å². The van der Waals surface area contributed by atoms with E-state index in [0.29, 0.717) is 17.8 Å². The monoisotopic (exact) mass is 250 g/mol. The van der Waals surface area contributed by atoms with Crippen LogP contribution in [0, 0.1) is 5.92 Å². The lowest BCUT2D eigenvalue weighted by atomic mass is 10.2. The molecule has 5 nitrogen and oxygen atoms in total. The smallest absolute Gasteiger partial charge is 0.293 e. The van der Waals surface area contributed by atoms with E-state index in [1.807, 2.05) is 0 Å². The highest BCUT2D eigenvalue weighted by molar-refractivity contribution is 5.36. The molecule has 1 aliphatic rings. The van der Waals surface area contributed by atoms with Gasteiger partial charge < -0.3 is 14.8 Å². The van der Waals surface area contributed by atoms with E-state index < -0.39 is 0 Å². The fourth-order valence-corrected chi connectivity index (χ4v) is 2.31. The minimum atomic E-state index is 0.0281. The largest absolute Gasteiger partial charge is 0.349 e. The molecule has 1 fully saturated rings. The number of aromatic nitrogens is 2. The Morgan fingerprint density at radius 3 is 3.00 bits per heavy atom. The van der Waals surface area contributed by atoms with Gasteiger partial charge in [0.1, 0.15) is 0 Å². The van der Waals surface area contributed by atoms with Crippen LogP contribution in [-0.4, -0.2) is 35.2 Å². The van der Waals surface area contributed by atoms with Gasteiger partial charge in [-0.05, 0) is 12.8 Å². The molecule has 18 heavy (non-hydrogen) atoms. The van der Waals surface area contributed by atoms with E-state index in [0.717, 1.165) is 26.2 Å². The van der Waals surface area contributed by atoms with Gasteiger partial charge in [-0.2, -0.15) is 0 Å². The lowest BCUT2D eigenvalue weighted by Crippen LogP contribution is -2.51. The summed E-state index contributed by atoms with van der Waals surface area (Å²) in [5.41, 5.74) is 0.0281. The zero-order valence-corrected chi connectivity index (χ0v) is 11.4. The van der Waals surface area contributed by atoms with Crippen molar-refractivity contribution in [3.05, 3.63) is 22.7 Å². The van der Waals surface area contributed by atoms with Crippen LogP contribution in [0.15, 0.2) is 17.2 Å². The van der Waals surface area contributed by atoms with Crippen LogP contribution in [0.1, 0.15) is 20.8 Å². The van der Waals surface area contributed by atoms with Gasteiger partial charge in [0, 0.05) is 44.6 Å². The Balaban J connectivity index is 2.25. The zero-order chi connectivity index (χ0) is 13.1. The van der Waals surface area contributed by atoms with Crippen LogP contribution >= 0.6 is 0 Å². The minimum Gasteiger partial charge on any atom is -0.349 e. The summed E-state index contributed by atoms with van der Waals surface area (Å²) < 4.78 is 1.76. The number of hydrogen-bond donors (Lipinski definition) is 1. The van der Waals surface area contributed by atoms with Gasteiger partial charge in [0.25, 0.3) is 5.56 Å². The normalized spacial score (nSPS) is 20.4. The molecule has 0 spiro atoms. The lowest BCUT2D eigenvalue weighted by Gasteiger charge is -2.32. The third kappa shape index (κ3) is 2.90. The molecule has 0 unspecified atom stereocenters. The van der Waals surface area contributed by atoms with Gasteiger partial charge in [-0.15, -0.1) is 0 Å². The van der Waals surface area contributed by atoms with Crippen molar-refractivity contribution in [3.63, 3.8) is 0 Å². The summed E-state index contributed by atoms with van der Waals surface area (Å²) in [5.74, 6) is 1.05. The second-order valence-corrected chi connectivity index (χ2v) is 5.40. The van der Waals surface area contributed by atoms with Crippen LogP contribution in [0.2, 0.25) is 0 Å². The van der Waals surface area contributed by atoms with Crippen LogP contribution in [-0.2, 0) is 6.54 Å². The first-order valence-electron chi connectivity index (χ1n) is 6.61. The van der Waals surface area contributed by atoms with Gasteiger partial charge in [-0.25, -0.2) is 4.98 Å². The molecule has 2 rings (SSSR count). The fraction of sp³-hybridized carbons (Fsp3) is 0.692. The Morgan fingerprint density at radius 1 is 1.56 bits per heavy atom. The molecule has 100 valence electrons. The maximum Gasteiger partial charge on any atom is 0.293 e. The van der Waals surface area contributed by atoms with E-state index in [-0.39, 0.29) is 5.56 Å². The quantitative estimate of drug-likeness (QED) is 0.858. The Bertz CT molecular complexity index is 455. The van der Waals surface area contributed by atoms with E-state index in [9.17, 15) is 4.79 Å². The van der Waals surface area contributed by atoms with E-state index in [2.05, 4.69) is 36.0 Å². The molecule has 1 N–H and O–H groups in total. The first-order valence-corrected chi connectivity index (χ1v) is 6.61. The summed E-state index contributed by atoms with van der Waals surface area (Å²) in [6.45, 7) is 9.68. The second-order valence-electron chi connectivity index (χ2n) is 5.40. The van der Waals surface area contributed by atoms with Gasteiger partial charge in [0.05, 0.1) is 0 Å². The summed E-state index contributed by atoms with van der Waals surface area (Å²) in [5, 5.41) is 3.37. The molecule has 1 aliphatic heterocycles. The number of nitrogens with one attached hydrogen (secondary N) is 1. The fourth-order valence-electron chi connectivity index (χ4n) is 2.31. The predicted molar refractivity (Wildman–Crippen MR) is 73.0 cm³/mol. The van der Waals surface area contributed by atoms with Crippen molar-refractivity contribution in [1.82, 2.24) is 14.9 Å². The summed E-state index contributed by atoms with van der Waals surface area (Å²) in [6.07, 6.45) is 3.50. The maximum absolute atomic E-state index is 12.3. The van der Waals surface area contributed by atoms with Crippen LogP contribution < -0.4 is 15.8 Å². The van der Waals surface area contributed by atoms with Gasteiger partial charge in [-0.1, -0.05) is 13.8 Å². The second kappa shape index (κ2) is 5.52. The number of nitrogens with zero attached hydrogens (tertiary/aromatic N) is 3. The van der Waals surface area contributed by atoms with Gasteiger partial charge in [0.2, 0.25) is 0 Å². The molecule has 2 heterocycles. The Hall–Kier alpha value is -1.36. The lowest BCUT2D eigenvalue weighted by molar-refractivity contribution is 0.474. The van der Waals surface area contributed by atoms with Gasteiger partial charge in [0.15, 0.2) is 5.82 Å². The van der Waals surface area contributed by atoms with Crippen molar-refractivity contribution in [2.75, 3.05) is 24.5 Å². The van der Waals surface area contributed by atoms with E-state index in [1.165, 1.54) is 0 Å². The third-order valence-electron chi connectivity index (χ3n) is 3.13. The van der Waals surface area contributed by atoms with E-state index in [1.54, 1.807) is 17.0 Å². The highest BCUT2D eigenvalue weighted by Crippen LogP contribution is 2.08. The Labute approximate surface area is 108 Å². The average Bonchev–Trinajstić information content (AvgIpc) is 2.31.